The van der Waals surface area contributed by atoms with E-state index in [1.54, 1.807) is 7.11 Å². The Morgan fingerprint density at radius 3 is 2.72 bits per heavy atom. The highest BCUT2D eigenvalue weighted by molar-refractivity contribution is 14.0. The van der Waals surface area contributed by atoms with Crippen LogP contribution in [0.15, 0.2) is 17.3 Å². The summed E-state index contributed by atoms with van der Waals surface area (Å²) in [6.45, 7) is 5.75. The number of aromatic nitrogens is 2. The zero-order valence-electron chi connectivity index (χ0n) is 14.4. The molecule has 0 radical (unpaired) electrons. The molecule has 0 bridgehead atoms. The zero-order chi connectivity index (χ0) is 18.0. The molecule has 1 atom stereocenters. The molecular weight excluding hydrogens is 452 g/mol. The first-order chi connectivity index (χ1) is 11.4. The molecule has 0 aliphatic carbocycles. The van der Waals surface area contributed by atoms with E-state index in [0.29, 0.717) is 32.2 Å². The van der Waals surface area contributed by atoms with Crippen LogP contribution in [0.4, 0.5) is 19.1 Å². The fraction of sp³-hybridized carbons (Fsp3) is 0.643. The highest BCUT2D eigenvalue weighted by Crippen LogP contribution is 2.27. The molecule has 144 valence electrons. The Labute approximate surface area is 162 Å². The topological polar surface area (TPSA) is 83.5 Å². The van der Waals surface area contributed by atoms with Gasteiger partial charge in [0.2, 0.25) is 5.95 Å². The van der Waals surface area contributed by atoms with Gasteiger partial charge in [-0.15, -0.1) is 24.0 Å². The second-order valence-corrected chi connectivity index (χ2v) is 4.95. The van der Waals surface area contributed by atoms with E-state index < -0.39 is 11.9 Å². The van der Waals surface area contributed by atoms with E-state index in [0.717, 1.165) is 12.3 Å². The van der Waals surface area contributed by atoms with Crippen molar-refractivity contribution in [2.24, 2.45) is 4.99 Å². The lowest BCUT2D eigenvalue weighted by molar-refractivity contribution is -0.141. The van der Waals surface area contributed by atoms with Crippen molar-refractivity contribution in [1.29, 1.82) is 0 Å². The van der Waals surface area contributed by atoms with Crippen LogP contribution in [0.3, 0.4) is 0 Å². The molecule has 11 heteroatoms. The lowest BCUT2D eigenvalue weighted by Crippen LogP contribution is -2.44. The van der Waals surface area contributed by atoms with Gasteiger partial charge in [-0.25, -0.2) is 9.97 Å². The van der Waals surface area contributed by atoms with Crippen molar-refractivity contribution in [3.8, 4) is 0 Å². The molecule has 7 nitrogen and oxygen atoms in total. The first-order valence-corrected chi connectivity index (χ1v) is 7.54. The van der Waals surface area contributed by atoms with E-state index in [2.05, 4.69) is 30.9 Å². The number of guanidine groups is 1. The summed E-state index contributed by atoms with van der Waals surface area (Å²) < 4.78 is 42.7. The number of ether oxygens (including phenoxy) is 1. The van der Waals surface area contributed by atoms with Gasteiger partial charge in [0.05, 0.1) is 13.2 Å². The fourth-order valence-electron chi connectivity index (χ4n) is 1.78. The van der Waals surface area contributed by atoms with Crippen molar-refractivity contribution in [2.75, 3.05) is 38.7 Å². The maximum Gasteiger partial charge on any atom is 0.433 e. The first kappa shape index (κ1) is 23.6. The minimum Gasteiger partial charge on any atom is -0.383 e. The summed E-state index contributed by atoms with van der Waals surface area (Å²) in [5, 5.41) is 8.95. The zero-order valence-corrected chi connectivity index (χ0v) is 16.7. The summed E-state index contributed by atoms with van der Waals surface area (Å²) in [6, 6.07) is 0.904. The number of hydrogen-bond donors (Lipinski definition) is 3. The van der Waals surface area contributed by atoms with Crippen LogP contribution in [0, 0.1) is 0 Å². The first-order valence-electron chi connectivity index (χ1n) is 7.54. The van der Waals surface area contributed by atoms with E-state index >= 15 is 0 Å². The Kier molecular flexibility index (Phi) is 11.4. The van der Waals surface area contributed by atoms with Crippen molar-refractivity contribution in [2.45, 2.75) is 26.1 Å². The van der Waals surface area contributed by atoms with Gasteiger partial charge in [-0.05, 0) is 19.9 Å². The van der Waals surface area contributed by atoms with E-state index in [-0.39, 0.29) is 36.0 Å². The van der Waals surface area contributed by atoms with Crippen LogP contribution in [0.25, 0.3) is 0 Å². The van der Waals surface area contributed by atoms with Crippen LogP contribution in [-0.4, -0.2) is 55.3 Å². The summed E-state index contributed by atoms with van der Waals surface area (Å²) in [5.74, 6) is 0.527. The Bertz CT molecular complexity index is 530. The Balaban J connectivity index is 0.00000576. The molecule has 0 fully saturated rings. The minimum atomic E-state index is -4.49. The number of nitrogens with one attached hydrogen (secondary N) is 3. The van der Waals surface area contributed by atoms with Crippen molar-refractivity contribution < 1.29 is 17.9 Å². The van der Waals surface area contributed by atoms with Crippen LogP contribution < -0.4 is 16.0 Å². The number of anilines is 1. The van der Waals surface area contributed by atoms with E-state index in [1.807, 2.05) is 13.8 Å². The van der Waals surface area contributed by atoms with Crippen molar-refractivity contribution in [3.05, 3.63) is 18.0 Å². The smallest absolute Gasteiger partial charge is 0.383 e. The van der Waals surface area contributed by atoms with Crippen molar-refractivity contribution in [1.82, 2.24) is 20.6 Å². The molecule has 0 amide bonds. The third-order valence-corrected chi connectivity index (χ3v) is 2.75. The van der Waals surface area contributed by atoms with E-state index in [4.69, 9.17) is 4.74 Å². The normalized spacial score (nSPS) is 13.0. The molecule has 3 N–H and O–H groups in total. The maximum absolute atomic E-state index is 12.6. The second kappa shape index (κ2) is 12.1. The van der Waals surface area contributed by atoms with Crippen LogP contribution in [0.5, 0.6) is 0 Å². The molecule has 0 aliphatic rings. The highest BCUT2D eigenvalue weighted by atomic mass is 127. The molecule has 1 aromatic rings. The average molecular weight is 476 g/mol. The maximum atomic E-state index is 12.6. The number of aliphatic imine (C=N–C) groups is 1. The number of methoxy groups -OCH3 is 1. The summed E-state index contributed by atoms with van der Waals surface area (Å²) in [4.78, 5) is 11.5. The molecular formula is C14H24F3IN6O. The monoisotopic (exact) mass is 476 g/mol. The van der Waals surface area contributed by atoms with Gasteiger partial charge in [0.25, 0.3) is 0 Å². The molecule has 1 rings (SSSR count). The summed E-state index contributed by atoms with van der Waals surface area (Å²) in [6.07, 6.45) is -3.42. The fourth-order valence-corrected chi connectivity index (χ4v) is 1.78. The number of rotatable bonds is 8. The van der Waals surface area contributed by atoms with Crippen LogP contribution in [-0.2, 0) is 10.9 Å². The lowest BCUT2D eigenvalue weighted by Gasteiger charge is -2.17. The quantitative estimate of drug-likeness (QED) is 0.231. The predicted octanol–water partition coefficient (Wildman–Crippen LogP) is 2.12. The van der Waals surface area contributed by atoms with Gasteiger partial charge in [0.1, 0.15) is 5.69 Å². The average Bonchev–Trinajstić information content (AvgIpc) is 2.51. The van der Waals surface area contributed by atoms with Gasteiger partial charge >= 0.3 is 6.18 Å². The predicted molar refractivity (Wildman–Crippen MR) is 101 cm³/mol. The molecule has 25 heavy (non-hydrogen) atoms. The number of hydrogen-bond acceptors (Lipinski definition) is 5. The largest absolute Gasteiger partial charge is 0.433 e. The number of alkyl halides is 3. The standard InChI is InChI=1S/C14H23F3N6O.HI/c1-4-18-12(22-10(2)9-24-3)20-7-8-21-13-19-6-5-11(23-13)14(15,16)17;/h5-6,10H,4,7-9H2,1-3H3,(H2,18,20,22)(H,19,21,23);1H. The van der Waals surface area contributed by atoms with Gasteiger partial charge in [0.15, 0.2) is 5.96 Å². The third-order valence-electron chi connectivity index (χ3n) is 2.75. The van der Waals surface area contributed by atoms with Crippen LogP contribution in [0.1, 0.15) is 19.5 Å². The Morgan fingerprint density at radius 2 is 2.12 bits per heavy atom. The summed E-state index contributed by atoms with van der Waals surface area (Å²) in [7, 11) is 1.61. The van der Waals surface area contributed by atoms with Gasteiger partial charge in [-0.1, -0.05) is 0 Å². The van der Waals surface area contributed by atoms with Crippen molar-refractivity contribution in [3.63, 3.8) is 0 Å². The third kappa shape index (κ3) is 9.63. The van der Waals surface area contributed by atoms with Gasteiger partial charge < -0.3 is 20.7 Å². The summed E-state index contributed by atoms with van der Waals surface area (Å²) in [5.41, 5.74) is -0.980. The van der Waals surface area contributed by atoms with E-state index in [1.165, 1.54) is 0 Å². The van der Waals surface area contributed by atoms with Gasteiger partial charge in [-0.2, -0.15) is 13.2 Å². The van der Waals surface area contributed by atoms with Gasteiger partial charge in [0, 0.05) is 32.4 Å². The van der Waals surface area contributed by atoms with E-state index in [9.17, 15) is 13.2 Å². The van der Waals surface area contributed by atoms with Gasteiger partial charge in [-0.3, -0.25) is 4.99 Å². The molecule has 1 unspecified atom stereocenters. The molecule has 1 heterocycles. The molecule has 0 aliphatic heterocycles. The molecule has 0 spiro atoms. The molecule has 0 saturated heterocycles. The van der Waals surface area contributed by atoms with Crippen LogP contribution >= 0.6 is 24.0 Å². The SMILES string of the molecule is CCNC(=NCCNc1nccc(C(F)(F)F)n1)NC(C)COC.I. The van der Waals surface area contributed by atoms with Crippen molar-refractivity contribution >= 4 is 35.9 Å². The molecule has 1 aromatic heterocycles. The molecule has 0 aromatic carbocycles. The number of halogens is 4. The minimum absolute atomic E-state index is 0. The number of nitrogens with zero attached hydrogens (tertiary/aromatic N) is 3. The Morgan fingerprint density at radius 1 is 1.40 bits per heavy atom. The second-order valence-electron chi connectivity index (χ2n) is 4.95. The molecule has 0 saturated carbocycles. The lowest BCUT2D eigenvalue weighted by atomic mass is 10.4. The summed E-state index contributed by atoms with van der Waals surface area (Å²) >= 11 is 0. The van der Waals surface area contributed by atoms with Crippen LogP contribution in [0.2, 0.25) is 0 Å². The highest BCUT2D eigenvalue weighted by Gasteiger charge is 2.32. The Hall–Kier alpha value is -1.37.